The maximum atomic E-state index is 8.61. The summed E-state index contributed by atoms with van der Waals surface area (Å²) in [5, 5.41) is 8.61. The van der Waals surface area contributed by atoms with E-state index in [1.807, 2.05) is 24.3 Å². The fourth-order valence-corrected chi connectivity index (χ4v) is 2.49. The molecule has 2 atom stereocenters. The first-order valence-electron chi connectivity index (χ1n) is 7.61. The molecule has 1 aliphatic rings. The van der Waals surface area contributed by atoms with E-state index in [0.29, 0.717) is 31.5 Å². The summed E-state index contributed by atoms with van der Waals surface area (Å²) < 4.78 is 11.4. The molecular weight excluding hydrogens is 262 g/mol. The molecule has 112 valence electrons. The highest BCUT2D eigenvalue weighted by atomic mass is 16.5. The smallest absolute Gasteiger partial charge is 0.119 e. The van der Waals surface area contributed by atoms with E-state index in [-0.39, 0.29) is 0 Å². The van der Waals surface area contributed by atoms with Gasteiger partial charge in [0.05, 0.1) is 25.7 Å². The molecular formula is C18H23NO2. The molecule has 0 spiro atoms. The second-order valence-electron chi connectivity index (χ2n) is 5.58. The summed E-state index contributed by atoms with van der Waals surface area (Å²) in [4.78, 5) is 0. The van der Waals surface area contributed by atoms with Crippen LogP contribution in [0.25, 0.3) is 0 Å². The lowest BCUT2D eigenvalue weighted by Crippen LogP contribution is -2.21. The summed E-state index contributed by atoms with van der Waals surface area (Å²) in [6.45, 7) is 4.29. The fraction of sp³-hybridized carbons (Fsp3) is 0.500. The zero-order chi connectivity index (χ0) is 14.9. The summed E-state index contributed by atoms with van der Waals surface area (Å²) in [6, 6.07) is 9.79. The lowest BCUT2D eigenvalue weighted by Gasteiger charge is -2.24. The van der Waals surface area contributed by atoms with Gasteiger partial charge in [0.1, 0.15) is 12.4 Å². The van der Waals surface area contributed by atoms with Crippen molar-refractivity contribution in [3.8, 4) is 11.8 Å². The van der Waals surface area contributed by atoms with Gasteiger partial charge in [0.2, 0.25) is 0 Å². The van der Waals surface area contributed by atoms with Crippen LogP contribution in [-0.4, -0.2) is 19.8 Å². The van der Waals surface area contributed by atoms with Crippen molar-refractivity contribution in [1.29, 1.82) is 5.26 Å². The van der Waals surface area contributed by atoms with Crippen LogP contribution < -0.4 is 4.74 Å². The van der Waals surface area contributed by atoms with E-state index in [4.69, 9.17) is 14.7 Å². The van der Waals surface area contributed by atoms with E-state index in [0.717, 1.165) is 24.3 Å². The second kappa shape index (κ2) is 8.49. The fourth-order valence-electron chi connectivity index (χ4n) is 2.49. The minimum atomic E-state index is 0.442. The van der Waals surface area contributed by atoms with Crippen LogP contribution >= 0.6 is 0 Å². The minimum absolute atomic E-state index is 0.442. The summed E-state index contributed by atoms with van der Waals surface area (Å²) in [5.74, 6) is 2.18. The van der Waals surface area contributed by atoms with E-state index in [1.54, 1.807) is 0 Å². The van der Waals surface area contributed by atoms with Gasteiger partial charge in [-0.15, -0.1) is 0 Å². The third kappa shape index (κ3) is 5.24. The van der Waals surface area contributed by atoms with Crippen LogP contribution in [0.1, 0.15) is 25.3 Å². The average molecular weight is 285 g/mol. The number of nitrogens with zero attached hydrogens (tertiary/aromatic N) is 1. The second-order valence-corrected chi connectivity index (χ2v) is 5.58. The van der Waals surface area contributed by atoms with E-state index in [2.05, 4.69) is 25.1 Å². The first-order chi connectivity index (χ1) is 10.3. The summed E-state index contributed by atoms with van der Waals surface area (Å²) in [7, 11) is 0. The maximum absolute atomic E-state index is 8.61. The van der Waals surface area contributed by atoms with Crippen molar-refractivity contribution < 1.29 is 9.47 Å². The first kappa shape index (κ1) is 15.6. The maximum Gasteiger partial charge on any atom is 0.119 e. The Hall–Kier alpha value is -1.79. The first-order valence-corrected chi connectivity index (χ1v) is 7.61. The number of hydrogen-bond donors (Lipinski definition) is 0. The molecule has 0 amide bonds. The molecule has 0 fully saturated rings. The standard InChI is InChI=1S/C18H23NO2/c1-15-4-2-3-5-17(15)14-20-12-13-21-18-8-6-16(7-9-18)10-11-19/h2-3,6-9,15,17H,4-5,10,12-14H2,1H3. The van der Waals surface area contributed by atoms with E-state index < -0.39 is 0 Å². The molecule has 0 saturated heterocycles. The summed E-state index contributed by atoms with van der Waals surface area (Å²) >= 11 is 0. The molecule has 3 heteroatoms. The van der Waals surface area contributed by atoms with Gasteiger partial charge in [0.15, 0.2) is 0 Å². The highest BCUT2D eigenvalue weighted by Crippen LogP contribution is 2.24. The number of rotatable bonds is 7. The van der Waals surface area contributed by atoms with E-state index in [1.165, 1.54) is 6.42 Å². The van der Waals surface area contributed by atoms with Crippen molar-refractivity contribution in [1.82, 2.24) is 0 Å². The van der Waals surface area contributed by atoms with Crippen LogP contribution in [0, 0.1) is 23.2 Å². The quantitative estimate of drug-likeness (QED) is 0.566. The molecule has 3 nitrogen and oxygen atoms in total. The van der Waals surface area contributed by atoms with Gasteiger partial charge < -0.3 is 9.47 Å². The predicted molar refractivity (Wildman–Crippen MR) is 83.1 cm³/mol. The van der Waals surface area contributed by atoms with Crippen LogP contribution in [0.3, 0.4) is 0 Å². The van der Waals surface area contributed by atoms with Crippen molar-refractivity contribution >= 4 is 0 Å². The highest BCUT2D eigenvalue weighted by Gasteiger charge is 2.17. The summed E-state index contributed by atoms with van der Waals surface area (Å²) in [5.41, 5.74) is 1.01. The van der Waals surface area contributed by atoms with Crippen molar-refractivity contribution in [3.05, 3.63) is 42.0 Å². The van der Waals surface area contributed by atoms with E-state index >= 15 is 0 Å². The Kier molecular flexibility index (Phi) is 6.30. The molecule has 2 unspecified atom stereocenters. The Morgan fingerprint density at radius 1 is 1.14 bits per heavy atom. The molecule has 0 N–H and O–H groups in total. The number of ether oxygens (including phenoxy) is 2. The van der Waals surface area contributed by atoms with Crippen LogP contribution in [-0.2, 0) is 11.2 Å². The Morgan fingerprint density at radius 3 is 2.62 bits per heavy atom. The third-order valence-electron chi connectivity index (χ3n) is 3.95. The Balaban J connectivity index is 1.61. The highest BCUT2D eigenvalue weighted by molar-refractivity contribution is 5.28. The van der Waals surface area contributed by atoms with Crippen LogP contribution in [0.5, 0.6) is 5.75 Å². The van der Waals surface area contributed by atoms with Crippen molar-refractivity contribution in [3.63, 3.8) is 0 Å². The van der Waals surface area contributed by atoms with E-state index in [9.17, 15) is 0 Å². The van der Waals surface area contributed by atoms with Crippen molar-refractivity contribution in [2.24, 2.45) is 11.8 Å². The lowest BCUT2D eigenvalue weighted by molar-refractivity contribution is 0.0586. The molecule has 1 aromatic rings. The molecule has 1 aromatic carbocycles. The van der Waals surface area contributed by atoms with Gasteiger partial charge in [0, 0.05) is 0 Å². The van der Waals surface area contributed by atoms with Gasteiger partial charge in [-0.3, -0.25) is 0 Å². The van der Waals surface area contributed by atoms with Crippen LogP contribution in [0.15, 0.2) is 36.4 Å². The van der Waals surface area contributed by atoms with Gasteiger partial charge in [-0.1, -0.05) is 31.2 Å². The molecule has 1 aliphatic carbocycles. The zero-order valence-corrected chi connectivity index (χ0v) is 12.6. The minimum Gasteiger partial charge on any atom is -0.491 e. The largest absolute Gasteiger partial charge is 0.491 e. The van der Waals surface area contributed by atoms with Gasteiger partial charge in [0.25, 0.3) is 0 Å². The van der Waals surface area contributed by atoms with Crippen LogP contribution in [0.2, 0.25) is 0 Å². The molecule has 0 bridgehead atoms. The Morgan fingerprint density at radius 2 is 1.90 bits per heavy atom. The van der Waals surface area contributed by atoms with Gasteiger partial charge in [-0.25, -0.2) is 0 Å². The third-order valence-corrected chi connectivity index (χ3v) is 3.95. The average Bonchev–Trinajstić information content (AvgIpc) is 2.51. The topological polar surface area (TPSA) is 42.2 Å². The SMILES string of the molecule is CC1CC=CCC1COCCOc1ccc(CC#N)cc1. The number of benzene rings is 1. The zero-order valence-electron chi connectivity index (χ0n) is 12.6. The van der Waals surface area contributed by atoms with Gasteiger partial charge in [-0.2, -0.15) is 5.26 Å². The normalized spacial score (nSPS) is 21.0. The number of hydrogen-bond acceptors (Lipinski definition) is 3. The molecule has 2 rings (SSSR count). The van der Waals surface area contributed by atoms with Crippen molar-refractivity contribution in [2.75, 3.05) is 19.8 Å². The van der Waals surface area contributed by atoms with Crippen LogP contribution in [0.4, 0.5) is 0 Å². The van der Waals surface area contributed by atoms with Crippen molar-refractivity contribution in [2.45, 2.75) is 26.2 Å². The molecule has 0 saturated carbocycles. The number of nitriles is 1. The Labute approximate surface area is 127 Å². The summed E-state index contributed by atoms with van der Waals surface area (Å²) in [6.07, 6.45) is 7.26. The molecule has 0 radical (unpaired) electrons. The monoisotopic (exact) mass is 285 g/mol. The molecule has 0 heterocycles. The van der Waals surface area contributed by atoms with Gasteiger partial charge >= 0.3 is 0 Å². The molecule has 0 aromatic heterocycles. The predicted octanol–water partition coefficient (Wildman–Crippen LogP) is 3.75. The molecule has 21 heavy (non-hydrogen) atoms. The van der Waals surface area contributed by atoms with Gasteiger partial charge in [-0.05, 0) is 42.4 Å². The number of allylic oxidation sites excluding steroid dienone is 2. The lowest BCUT2D eigenvalue weighted by atomic mass is 9.85. The molecule has 0 aliphatic heterocycles. The Bertz CT molecular complexity index is 487.